The maximum Gasteiger partial charge on any atom is 0.191 e. The molecule has 0 radical (unpaired) electrons. The van der Waals surface area contributed by atoms with Crippen LogP contribution in [0.5, 0.6) is 0 Å². The lowest BCUT2D eigenvalue weighted by Gasteiger charge is -2.36. The van der Waals surface area contributed by atoms with Crippen molar-refractivity contribution in [3.63, 3.8) is 0 Å². The maximum atomic E-state index is 6.26. The Morgan fingerprint density at radius 3 is 2.38 bits per heavy atom. The number of benzene rings is 1. The molecular weight excluding hydrogens is 410 g/mol. The van der Waals surface area contributed by atoms with Crippen molar-refractivity contribution in [2.45, 2.75) is 79.1 Å². The minimum Gasteiger partial charge on any atom is -0.417 e. The zero-order chi connectivity index (χ0) is 23.5. The van der Waals surface area contributed by atoms with Crippen LogP contribution >= 0.6 is 0 Å². The summed E-state index contributed by atoms with van der Waals surface area (Å²) in [5, 5.41) is 0.262. The van der Waals surface area contributed by atoms with Gasteiger partial charge in [0.15, 0.2) is 14.0 Å². The third kappa shape index (κ3) is 5.57. The van der Waals surface area contributed by atoms with Gasteiger partial charge in [0.25, 0.3) is 0 Å². The summed E-state index contributed by atoms with van der Waals surface area (Å²) < 4.78 is 8.52. The first-order chi connectivity index (χ1) is 15.0. The number of fused-ring (bicyclic) bond motifs is 1. The fourth-order valence-electron chi connectivity index (χ4n) is 3.62. The van der Waals surface area contributed by atoms with Crippen molar-refractivity contribution < 1.29 is 4.43 Å². The van der Waals surface area contributed by atoms with Crippen molar-refractivity contribution in [1.29, 1.82) is 0 Å². The van der Waals surface area contributed by atoms with E-state index in [2.05, 4.69) is 94.8 Å². The lowest BCUT2D eigenvalue weighted by molar-refractivity contribution is 0.294. The van der Waals surface area contributed by atoms with Crippen molar-refractivity contribution in [1.82, 2.24) is 14.5 Å². The Kier molecular flexibility index (Phi) is 7.41. The van der Waals surface area contributed by atoms with Gasteiger partial charge in [-0.05, 0) is 61.2 Å². The van der Waals surface area contributed by atoms with Gasteiger partial charge in [0.2, 0.25) is 0 Å². The highest BCUT2D eigenvalue weighted by molar-refractivity contribution is 6.74. The van der Waals surface area contributed by atoms with Gasteiger partial charge in [-0.15, -0.1) is 0 Å². The monoisotopic (exact) mass is 449 g/mol. The molecule has 0 spiro atoms. The van der Waals surface area contributed by atoms with E-state index in [-0.39, 0.29) is 5.04 Å². The van der Waals surface area contributed by atoms with Gasteiger partial charge in [0.05, 0.1) is 6.54 Å². The van der Waals surface area contributed by atoms with Gasteiger partial charge < -0.3 is 8.99 Å². The van der Waals surface area contributed by atoms with E-state index < -0.39 is 8.32 Å². The number of aromatic nitrogens is 3. The first kappa shape index (κ1) is 24.4. The Labute approximate surface area is 194 Å². The van der Waals surface area contributed by atoms with Crippen LogP contribution in [0.3, 0.4) is 0 Å². The van der Waals surface area contributed by atoms with Crippen LogP contribution in [0.15, 0.2) is 36.4 Å². The Hall–Kier alpha value is -2.24. The van der Waals surface area contributed by atoms with Crippen LogP contribution < -0.4 is 0 Å². The van der Waals surface area contributed by atoms with Crippen molar-refractivity contribution in [3.8, 4) is 0 Å². The molecular formula is C27H39N3OSi. The Bertz CT molecular complexity index is 1090. The molecule has 0 fully saturated rings. The van der Waals surface area contributed by atoms with Crippen molar-refractivity contribution >= 4 is 25.6 Å². The molecule has 1 aromatic carbocycles. The molecule has 0 bridgehead atoms. The second-order valence-corrected chi connectivity index (χ2v) is 15.1. The molecule has 0 atom stereocenters. The van der Waals surface area contributed by atoms with E-state index in [0.717, 1.165) is 48.7 Å². The fraction of sp³-hybridized carbons (Fsp3) is 0.481. The standard InChI is InChI=1S/C27H39N3OSi/c1-9-24-29-25-20(2)18-21(3)28-26(25)30(24)19-23-15-13-22(14-16-23)12-10-11-17-31-32(7,8)27(4,5)6/h10,12-16,18H,9,11,17,19H2,1-8H3. The van der Waals surface area contributed by atoms with Gasteiger partial charge in [-0.1, -0.05) is 64.1 Å². The topological polar surface area (TPSA) is 39.9 Å². The fourth-order valence-corrected chi connectivity index (χ4v) is 4.68. The predicted molar refractivity (Wildman–Crippen MR) is 139 cm³/mol. The highest BCUT2D eigenvalue weighted by Crippen LogP contribution is 2.36. The largest absolute Gasteiger partial charge is 0.417 e. The van der Waals surface area contributed by atoms with Gasteiger partial charge in [0, 0.05) is 18.7 Å². The highest BCUT2D eigenvalue weighted by Gasteiger charge is 2.36. The van der Waals surface area contributed by atoms with Gasteiger partial charge in [-0.3, -0.25) is 0 Å². The van der Waals surface area contributed by atoms with Gasteiger partial charge in [-0.25, -0.2) is 9.97 Å². The SMILES string of the molecule is CCc1nc2c(C)cc(C)nc2n1Cc1ccc(C=CCCO[Si](C)(C)C(C)(C)C)cc1. The molecule has 0 saturated carbocycles. The van der Waals surface area contributed by atoms with Crippen molar-refractivity contribution in [2.24, 2.45) is 0 Å². The first-order valence-electron chi connectivity index (χ1n) is 11.7. The van der Waals surface area contributed by atoms with Crippen LogP contribution in [0.4, 0.5) is 0 Å². The minimum absolute atomic E-state index is 0.262. The van der Waals surface area contributed by atoms with Crippen LogP contribution in [0, 0.1) is 13.8 Å². The molecule has 32 heavy (non-hydrogen) atoms. The molecule has 0 aliphatic carbocycles. The molecule has 0 saturated heterocycles. The van der Waals surface area contributed by atoms with Gasteiger partial charge in [0.1, 0.15) is 11.3 Å². The van der Waals surface area contributed by atoms with Crippen molar-refractivity contribution in [3.05, 3.63) is 64.6 Å². The quantitative estimate of drug-likeness (QED) is 0.272. The van der Waals surface area contributed by atoms with Crippen LogP contribution in [0.25, 0.3) is 17.2 Å². The number of hydrogen-bond acceptors (Lipinski definition) is 3. The molecule has 0 unspecified atom stereocenters. The number of pyridine rings is 1. The molecule has 0 N–H and O–H groups in total. The number of aryl methyl sites for hydroxylation is 3. The second kappa shape index (κ2) is 9.71. The second-order valence-electron chi connectivity index (χ2n) is 10.3. The van der Waals surface area contributed by atoms with Crippen LogP contribution in [0.1, 0.15) is 62.3 Å². The van der Waals surface area contributed by atoms with E-state index in [9.17, 15) is 0 Å². The number of nitrogens with zero attached hydrogens (tertiary/aromatic N) is 3. The molecule has 0 aliphatic rings. The summed E-state index contributed by atoms with van der Waals surface area (Å²) in [4.78, 5) is 9.65. The van der Waals surface area contributed by atoms with E-state index in [0.29, 0.717) is 0 Å². The van der Waals surface area contributed by atoms with E-state index >= 15 is 0 Å². The average molecular weight is 450 g/mol. The third-order valence-corrected chi connectivity index (χ3v) is 11.1. The van der Waals surface area contributed by atoms with Crippen LogP contribution in [-0.2, 0) is 17.4 Å². The van der Waals surface area contributed by atoms with Crippen LogP contribution in [0.2, 0.25) is 18.1 Å². The summed E-state index contributed by atoms with van der Waals surface area (Å²) in [5.74, 6) is 1.09. The molecule has 2 heterocycles. The average Bonchev–Trinajstić information content (AvgIpc) is 3.06. The smallest absolute Gasteiger partial charge is 0.191 e. The molecule has 2 aromatic heterocycles. The van der Waals surface area contributed by atoms with Crippen LogP contribution in [-0.4, -0.2) is 29.5 Å². The summed E-state index contributed by atoms with van der Waals surface area (Å²) in [6, 6.07) is 10.9. The number of rotatable bonds is 8. The third-order valence-electron chi connectivity index (χ3n) is 6.60. The van der Waals surface area contributed by atoms with E-state index in [1.807, 2.05) is 6.92 Å². The first-order valence-corrected chi connectivity index (χ1v) is 14.7. The van der Waals surface area contributed by atoms with E-state index in [4.69, 9.17) is 14.4 Å². The van der Waals surface area contributed by atoms with Crippen molar-refractivity contribution in [2.75, 3.05) is 6.61 Å². The molecule has 0 amide bonds. The Morgan fingerprint density at radius 2 is 1.75 bits per heavy atom. The number of hydrogen-bond donors (Lipinski definition) is 0. The van der Waals surface area contributed by atoms with Gasteiger partial charge >= 0.3 is 0 Å². The molecule has 4 nitrogen and oxygen atoms in total. The Morgan fingerprint density at radius 1 is 1.06 bits per heavy atom. The summed E-state index contributed by atoms with van der Waals surface area (Å²) in [5.41, 5.74) is 6.73. The van der Waals surface area contributed by atoms with E-state index in [1.165, 1.54) is 16.7 Å². The van der Waals surface area contributed by atoms with Gasteiger partial charge in [-0.2, -0.15) is 0 Å². The summed E-state index contributed by atoms with van der Waals surface area (Å²) in [6.07, 6.45) is 6.25. The molecule has 172 valence electrons. The van der Waals surface area contributed by atoms with E-state index in [1.54, 1.807) is 0 Å². The number of imidazole rings is 1. The minimum atomic E-state index is -1.65. The zero-order valence-electron chi connectivity index (χ0n) is 21.1. The lowest BCUT2D eigenvalue weighted by Crippen LogP contribution is -2.40. The zero-order valence-corrected chi connectivity index (χ0v) is 22.1. The lowest BCUT2D eigenvalue weighted by atomic mass is 10.1. The summed E-state index contributed by atoms with van der Waals surface area (Å²) in [7, 11) is -1.65. The summed E-state index contributed by atoms with van der Waals surface area (Å²) in [6.45, 7) is 19.4. The maximum absolute atomic E-state index is 6.26. The highest BCUT2D eigenvalue weighted by atomic mass is 28.4. The summed E-state index contributed by atoms with van der Waals surface area (Å²) >= 11 is 0. The normalized spacial score (nSPS) is 12.9. The molecule has 0 aliphatic heterocycles. The molecule has 3 aromatic rings. The predicted octanol–water partition coefficient (Wildman–Crippen LogP) is 7.08. The Balaban J connectivity index is 1.65. The molecule has 3 rings (SSSR count). The molecule has 5 heteroatoms.